The molecule has 0 saturated carbocycles. The van der Waals surface area contributed by atoms with Gasteiger partial charge in [-0.1, -0.05) is 0 Å². The first-order valence-electron chi connectivity index (χ1n) is 0.129. The minimum Gasteiger partial charge on any atom is 0 e. The molecule has 0 aliphatic carbocycles. The molecular formula is OPdSbSn. The summed E-state index contributed by atoms with van der Waals surface area (Å²) in [6, 6.07) is 0. The van der Waals surface area contributed by atoms with E-state index in [4.69, 9.17) is 3.47 Å². The summed E-state index contributed by atoms with van der Waals surface area (Å²) in [5, 5.41) is 0. The van der Waals surface area contributed by atoms with Gasteiger partial charge in [-0.2, -0.15) is 0 Å². The van der Waals surface area contributed by atoms with E-state index in [0.29, 0.717) is 0 Å². The Labute approximate surface area is 70.0 Å². The molecule has 0 heterocycles. The van der Waals surface area contributed by atoms with Crippen LogP contribution < -0.4 is 0 Å². The first kappa shape index (κ1) is 16.5. The Kier molecular flexibility index (Phi) is 80.8. The van der Waals surface area contributed by atoms with E-state index in [9.17, 15) is 0 Å². The zero-order chi connectivity index (χ0) is 2.00. The van der Waals surface area contributed by atoms with Gasteiger partial charge >= 0.3 is 22.6 Å². The molecule has 0 amide bonds. The van der Waals surface area contributed by atoms with Gasteiger partial charge in [0.25, 0.3) is 0 Å². The van der Waals surface area contributed by atoms with E-state index in [0.717, 1.165) is 0 Å². The summed E-state index contributed by atoms with van der Waals surface area (Å²) in [7, 11) is 0. The minimum absolute atomic E-state index is 0. The topological polar surface area (TPSA) is 17.1 Å². The SMILES string of the molecule is [O]=[Pd].[Sb].[Sn]. The van der Waals surface area contributed by atoms with E-state index in [1.165, 1.54) is 19.2 Å². The van der Waals surface area contributed by atoms with Crippen LogP contribution in [0.3, 0.4) is 0 Å². The maximum absolute atomic E-state index is 8.10. The van der Waals surface area contributed by atoms with Crippen molar-refractivity contribution in [1.82, 2.24) is 0 Å². The molecule has 0 aromatic rings. The second kappa shape index (κ2) is 19.6. The van der Waals surface area contributed by atoms with Gasteiger partial charge in [-0.3, -0.25) is 0 Å². The maximum atomic E-state index is 8.10. The molecule has 1 nitrogen and oxygen atoms in total. The van der Waals surface area contributed by atoms with Crippen LogP contribution in [0, 0.1) is 0 Å². The zero-order valence-corrected chi connectivity index (χ0v) is 8.63. The van der Waals surface area contributed by atoms with Gasteiger partial charge in [0.15, 0.2) is 0 Å². The first-order valence-corrected chi connectivity index (χ1v) is 0.764. The van der Waals surface area contributed by atoms with Crippen LogP contribution in [0.25, 0.3) is 0 Å². The molecule has 0 aromatic heterocycles. The van der Waals surface area contributed by atoms with Crippen LogP contribution in [0.15, 0.2) is 0 Å². The summed E-state index contributed by atoms with van der Waals surface area (Å²) in [6.45, 7) is 0. The molecule has 0 N–H and O–H groups in total. The molecule has 0 aromatic carbocycles. The minimum atomic E-state index is 0. The molecule has 0 aliphatic rings. The van der Waals surface area contributed by atoms with E-state index < -0.39 is 0 Å². The molecule has 0 atom stereocenters. The van der Waals surface area contributed by atoms with Crippen LogP contribution in [0.5, 0.6) is 0 Å². The Bertz CT molecular complexity index is 8.00. The normalized spacial score (nSPS) is 1.50. The molecule has 0 saturated heterocycles. The average Bonchev–Trinajstić information content (AvgIpc) is 1.00. The van der Waals surface area contributed by atoms with Gasteiger partial charge in [0, 0.05) is 48.3 Å². The summed E-state index contributed by atoms with van der Waals surface area (Å²) in [5.41, 5.74) is 0. The Balaban J connectivity index is -0.00000000500. The molecule has 0 spiro atoms. The monoisotopic (exact) mass is 363 g/mol. The number of hydrogen-bond donors (Lipinski definition) is 0. The Morgan fingerprint density at radius 1 is 1.25 bits per heavy atom. The molecule has 25 valence electrons. The molecular weight excluding hydrogens is 363 g/mol. The standard InChI is InChI=1S/O.Pd.Sb.Sn. The third-order valence-corrected chi connectivity index (χ3v) is 0. The fourth-order valence-corrected chi connectivity index (χ4v) is 0. The molecule has 0 fully saturated rings. The van der Waals surface area contributed by atoms with Crippen LogP contribution in [0.4, 0.5) is 0 Å². The van der Waals surface area contributed by atoms with Crippen LogP contribution in [0.1, 0.15) is 0 Å². The van der Waals surface area contributed by atoms with Crippen LogP contribution in [-0.2, 0) is 22.6 Å². The quantitative estimate of drug-likeness (QED) is 0.511. The van der Waals surface area contributed by atoms with Gasteiger partial charge in [-0.15, -0.1) is 0 Å². The first-order chi connectivity index (χ1) is 1.00. The number of rotatable bonds is 0. The summed E-state index contributed by atoms with van der Waals surface area (Å²) >= 11 is 1.50. The van der Waals surface area contributed by atoms with Crippen LogP contribution in [0.2, 0.25) is 0 Å². The van der Waals surface area contributed by atoms with Crippen LogP contribution in [-0.4, -0.2) is 48.3 Å². The van der Waals surface area contributed by atoms with Gasteiger partial charge in [0.2, 0.25) is 0 Å². The molecule has 0 rings (SSSR count). The average molecular weight is 363 g/mol. The van der Waals surface area contributed by atoms with Crippen molar-refractivity contribution >= 4 is 48.3 Å². The van der Waals surface area contributed by atoms with E-state index in [1.807, 2.05) is 0 Å². The van der Waals surface area contributed by atoms with Crippen molar-refractivity contribution < 1.29 is 22.6 Å². The van der Waals surface area contributed by atoms with Gasteiger partial charge in [0.1, 0.15) is 0 Å². The fraction of sp³-hybridized carbons (Fsp3) is 0. The van der Waals surface area contributed by atoms with Crippen molar-refractivity contribution in [2.75, 3.05) is 0 Å². The third-order valence-electron chi connectivity index (χ3n) is 0. The Morgan fingerprint density at radius 3 is 1.25 bits per heavy atom. The summed E-state index contributed by atoms with van der Waals surface area (Å²) in [6.07, 6.45) is 0. The predicted molar refractivity (Wildman–Crippen MR) is 12.2 cm³/mol. The van der Waals surface area contributed by atoms with Crippen molar-refractivity contribution in [2.24, 2.45) is 0 Å². The van der Waals surface area contributed by atoms with Crippen molar-refractivity contribution in [2.45, 2.75) is 0 Å². The fourth-order valence-electron chi connectivity index (χ4n) is 0. The van der Waals surface area contributed by atoms with Gasteiger partial charge < -0.3 is 0 Å². The van der Waals surface area contributed by atoms with E-state index in [2.05, 4.69) is 0 Å². The zero-order valence-electron chi connectivity index (χ0n) is 1.67. The van der Waals surface area contributed by atoms with E-state index in [1.54, 1.807) is 0 Å². The molecule has 4 heteroatoms. The molecule has 4 heavy (non-hydrogen) atoms. The van der Waals surface area contributed by atoms with Gasteiger partial charge in [-0.25, -0.2) is 0 Å². The van der Waals surface area contributed by atoms with Gasteiger partial charge in [0.05, 0.1) is 0 Å². The second-order valence-electron chi connectivity index (χ2n) is 0. The Hall–Kier alpha value is 2.08. The predicted octanol–water partition coefficient (Wildman–Crippen LogP) is -0.883. The second-order valence-corrected chi connectivity index (χ2v) is 0. The van der Waals surface area contributed by atoms with E-state index >= 15 is 0 Å². The van der Waals surface area contributed by atoms with Crippen molar-refractivity contribution in [3.8, 4) is 0 Å². The molecule has 7 radical (unpaired) electrons. The summed E-state index contributed by atoms with van der Waals surface area (Å²) in [5.74, 6) is 0. The summed E-state index contributed by atoms with van der Waals surface area (Å²) < 4.78 is 8.10. The summed E-state index contributed by atoms with van der Waals surface area (Å²) in [4.78, 5) is 0. The van der Waals surface area contributed by atoms with Crippen molar-refractivity contribution in [3.05, 3.63) is 0 Å². The molecule has 0 unspecified atom stereocenters. The maximum Gasteiger partial charge on any atom is 0 e. The molecule has 0 bridgehead atoms. The smallest absolute Gasteiger partial charge is 0 e. The van der Waals surface area contributed by atoms with Crippen molar-refractivity contribution in [3.63, 3.8) is 0 Å². The third kappa shape index (κ3) is 8.95. The van der Waals surface area contributed by atoms with E-state index in [-0.39, 0.29) is 48.3 Å². The Morgan fingerprint density at radius 2 is 1.25 bits per heavy atom. The van der Waals surface area contributed by atoms with Gasteiger partial charge in [-0.05, 0) is 0 Å². The van der Waals surface area contributed by atoms with Crippen LogP contribution >= 0.6 is 0 Å². The molecule has 0 aliphatic heterocycles. The number of hydrogen-bond acceptors (Lipinski definition) is 1. The van der Waals surface area contributed by atoms with Crippen molar-refractivity contribution in [1.29, 1.82) is 0 Å². The largest absolute Gasteiger partial charge is 0 e.